The zero-order valence-corrected chi connectivity index (χ0v) is 10.2. The number of rotatable bonds is 1. The van der Waals surface area contributed by atoms with E-state index in [1.807, 2.05) is 0 Å². The lowest BCUT2D eigenvalue weighted by Crippen LogP contribution is -2.49. The zero-order valence-electron chi connectivity index (χ0n) is 10.2. The van der Waals surface area contributed by atoms with Gasteiger partial charge in [0.05, 0.1) is 6.61 Å². The molecule has 2 aliphatic rings. The molecule has 0 aromatic heterocycles. The maximum Gasteiger partial charge on any atom is 0.0504 e. The van der Waals surface area contributed by atoms with Crippen molar-refractivity contribution in [2.75, 3.05) is 25.0 Å². The minimum Gasteiger partial charge on any atom is -0.396 e. The van der Waals surface area contributed by atoms with Crippen LogP contribution in [0.1, 0.15) is 23.5 Å². The van der Waals surface area contributed by atoms with Gasteiger partial charge < -0.3 is 15.7 Å². The third kappa shape index (κ3) is 1.83. The molecule has 3 N–H and O–H groups in total. The molecule has 0 radical (unpaired) electrons. The Morgan fingerprint density at radius 3 is 3.12 bits per heavy atom. The van der Waals surface area contributed by atoms with E-state index in [-0.39, 0.29) is 12.5 Å². The molecule has 3 rings (SSSR count). The van der Waals surface area contributed by atoms with E-state index in [0.29, 0.717) is 12.0 Å². The highest BCUT2D eigenvalue weighted by Gasteiger charge is 2.37. The average Bonchev–Trinajstić information content (AvgIpc) is 2.35. The van der Waals surface area contributed by atoms with Gasteiger partial charge in [-0.3, -0.25) is 0 Å². The molecule has 3 atom stereocenters. The number of piperidine rings is 1. The lowest BCUT2D eigenvalue weighted by atomic mass is 9.75. The van der Waals surface area contributed by atoms with Crippen LogP contribution in [0.15, 0.2) is 18.2 Å². The minimum absolute atomic E-state index is 0.251. The standard InChI is InChI=1S/C14H20N2O/c1-9-2-3-10-12(8-17)11-7-15-5-4-13(11)16-14(10)6-9/h2-3,6,11-13,15-17H,4-5,7-8H2,1H3. The average molecular weight is 232 g/mol. The SMILES string of the molecule is Cc1ccc2c(c1)NC1CCNCC1C2CO. The van der Waals surface area contributed by atoms with Crippen molar-refractivity contribution in [3.63, 3.8) is 0 Å². The van der Waals surface area contributed by atoms with Crippen LogP contribution in [-0.4, -0.2) is 30.8 Å². The molecular weight excluding hydrogens is 212 g/mol. The molecule has 3 heteroatoms. The van der Waals surface area contributed by atoms with E-state index in [9.17, 15) is 5.11 Å². The Morgan fingerprint density at radius 2 is 2.29 bits per heavy atom. The summed E-state index contributed by atoms with van der Waals surface area (Å²) in [6.07, 6.45) is 1.15. The van der Waals surface area contributed by atoms with Gasteiger partial charge in [0.25, 0.3) is 0 Å². The second-order valence-corrected chi connectivity index (χ2v) is 5.29. The molecule has 2 aliphatic heterocycles. The first kappa shape index (κ1) is 11.1. The quantitative estimate of drug-likeness (QED) is 0.687. The molecule has 1 aromatic carbocycles. The van der Waals surface area contributed by atoms with E-state index in [1.165, 1.54) is 16.8 Å². The third-order valence-corrected chi connectivity index (χ3v) is 4.19. The Hall–Kier alpha value is -1.06. The van der Waals surface area contributed by atoms with Crippen LogP contribution in [0.2, 0.25) is 0 Å². The smallest absolute Gasteiger partial charge is 0.0504 e. The van der Waals surface area contributed by atoms with E-state index in [2.05, 4.69) is 35.8 Å². The molecule has 0 bridgehead atoms. The van der Waals surface area contributed by atoms with Crippen molar-refractivity contribution in [2.45, 2.75) is 25.3 Å². The summed E-state index contributed by atoms with van der Waals surface area (Å²) in [6, 6.07) is 7.03. The van der Waals surface area contributed by atoms with Gasteiger partial charge in [0.2, 0.25) is 0 Å². The monoisotopic (exact) mass is 232 g/mol. The number of aryl methyl sites for hydroxylation is 1. The van der Waals surface area contributed by atoms with Gasteiger partial charge in [-0.25, -0.2) is 0 Å². The molecule has 3 nitrogen and oxygen atoms in total. The van der Waals surface area contributed by atoms with E-state index in [0.717, 1.165) is 19.5 Å². The summed E-state index contributed by atoms with van der Waals surface area (Å²) < 4.78 is 0. The van der Waals surface area contributed by atoms with Crippen LogP contribution in [-0.2, 0) is 0 Å². The number of anilines is 1. The van der Waals surface area contributed by atoms with Crippen molar-refractivity contribution in [2.24, 2.45) is 5.92 Å². The lowest BCUT2D eigenvalue weighted by Gasteiger charge is -2.43. The first-order chi connectivity index (χ1) is 8.29. The first-order valence-electron chi connectivity index (χ1n) is 6.48. The van der Waals surface area contributed by atoms with Crippen molar-refractivity contribution >= 4 is 5.69 Å². The maximum absolute atomic E-state index is 9.69. The van der Waals surface area contributed by atoms with Crippen LogP contribution >= 0.6 is 0 Å². The number of aliphatic hydroxyl groups is 1. The Kier molecular flexibility index (Phi) is 2.81. The number of aliphatic hydroxyl groups excluding tert-OH is 1. The Balaban J connectivity index is 2.01. The van der Waals surface area contributed by atoms with Crippen LogP contribution in [0.3, 0.4) is 0 Å². The van der Waals surface area contributed by atoms with E-state index >= 15 is 0 Å². The fraction of sp³-hybridized carbons (Fsp3) is 0.571. The molecule has 2 heterocycles. The summed E-state index contributed by atoms with van der Waals surface area (Å²) in [5.41, 5.74) is 3.79. The third-order valence-electron chi connectivity index (χ3n) is 4.19. The molecule has 17 heavy (non-hydrogen) atoms. The second-order valence-electron chi connectivity index (χ2n) is 5.29. The molecule has 0 spiro atoms. The largest absolute Gasteiger partial charge is 0.396 e. The molecule has 1 saturated heterocycles. The normalized spacial score (nSPS) is 31.3. The maximum atomic E-state index is 9.69. The van der Waals surface area contributed by atoms with Crippen molar-refractivity contribution in [3.8, 4) is 0 Å². The zero-order chi connectivity index (χ0) is 11.8. The summed E-state index contributed by atoms with van der Waals surface area (Å²) >= 11 is 0. The highest BCUT2D eigenvalue weighted by atomic mass is 16.3. The van der Waals surface area contributed by atoms with E-state index in [1.54, 1.807) is 0 Å². The van der Waals surface area contributed by atoms with Crippen molar-refractivity contribution in [3.05, 3.63) is 29.3 Å². The Labute approximate surface area is 102 Å². The molecular formula is C14H20N2O. The molecule has 0 amide bonds. The topological polar surface area (TPSA) is 44.3 Å². The fourth-order valence-corrected chi connectivity index (χ4v) is 3.27. The van der Waals surface area contributed by atoms with Crippen LogP contribution in [0.5, 0.6) is 0 Å². The molecule has 92 valence electrons. The van der Waals surface area contributed by atoms with Crippen molar-refractivity contribution in [1.82, 2.24) is 5.32 Å². The lowest BCUT2D eigenvalue weighted by molar-refractivity contribution is 0.189. The van der Waals surface area contributed by atoms with Gasteiger partial charge in [-0.1, -0.05) is 12.1 Å². The molecule has 3 unspecified atom stereocenters. The summed E-state index contributed by atoms with van der Waals surface area (Å²) in [6.45, 7) is 4.45. The van der Waals surface area contributed by atoms with Gasteiger partial charge in [-0.2, -0.15) is 0 Å². The van der Waals surface area contributed by atoms with Gasteiger partial charge in [-0.05, 0) is 37.1 Å². The summed E-state index contributed by atoms with van der Waals surface area (Å²) in [5, 5.41) is 16.8. The van der Waals surface area contributed by atoms with Gasteiger partial charge >= 0.3 is 0 Å². The number of nitrogens with one attached hydrogen (secondary N) is 2. The van der Waals surface area contributed by atoms with Crippen LogP contribution in [0.25, 0.3) is 0 Å². The number of fused-ring (bicyclic) bond motifs is 2. The highest BCUT2D eigenvalue weighted by Crippen LogP contribution is 2.40. The molecule has 0 aliphatic carbocycles. The van der Waals surface area contributed by atoms with E-state index in [4.69, 9.17) is 0 Å². The van der Waals surface area contributed by atoms with Gasteiger partial charge in [0.15, 0.2) is 0 Å². The Morgan fingerprint density at radius 1 is 1.41 bits per heavy atom. The van der Waals surface area contributed by atoms with Crippen LogP contribution < -0.4 is 10.6 Å². The first-order valence-corrected chi connectivity index (χ1v) is 6.48. The van der Waals surface area contributed by atoms with Crippen LogP contribution in [0.4, 0.5) is 5.69 Å². The molecule has 1 aromatic rings. The van der Waals surface area contributed by atoms with Crippen LogP contribution in [0, 0.1) is 12.8 Å². The summed E-state index contributed by atoms with van der Waals surface area (Å²) in [4.78, 5) is 0. The van der Waals surface area contributed by atoms with Crippen molar-refractivity contribution < 1.29 is 5.11 Å². The minimum atomic E-state index is 0.251. The van der Waals surface area contributed by atoms with Gasteiger partial charge in [0.1, 0.15) is 0 Å². The highest BCUT2D eigenvalue weighted by molar-refractivity contribution is 5.58. The Bertz CT molecular complexity index is 419. The number of hydrogen-bond acceptors (Lipinski definition) is 3. The van der Waals surface area contributed by atoms with E-state index < -0.39 is 0 Å². The fourth-order valence-electron chi connectivity index (χ4n) is 3.27. The predicted octanol–water partition coefficient (Wildman–Crippen LogP) is 1.47. The van der Waals surface area contributed by atoms with Crippen molar-refractivity contribution in [1.29, 1.82) is 0 Å². The molecule has 0 saturated carbocycles. The second kappa shape index (κ2) is 4.31. The number of benzene rings is 1. The summed E-state index contributed by atoms with van der Waals surface area (Å²) in [5.74, 6) is 0.800. The van der Waals surface area contributed by atoms with Gasteiger partial charge in [0, 0.05) is 30.1 Å². The predicted molar refractivity (Wildman–Crippen MR) is 69.4 cm³/mol. The number of hydrogen-bond donors (Lipinski definition) is 3. The molecule has 1 fully saturated rings. The summed E-state index contributed by atoms with van der Waals surface area (Å²) in [7, 11) is 0. The van der Waals surface area contributed by atoms with Gasteiger partial charge in [-0.15, -0.1) is 0 Å².